The van der Waals surface area contributed by atoms with Crippen LogP contribution < -0.4 is 0 Å². The molecule has 0 amide bonds. The molecule has 0 aromatic rings. The van der Waals surface area contributed by atoms with Crippen LogP contribution in [0, 0.1) is 22.2 Å². The quantitative estimate of drug-likeness (QED) is 0.576. The Bertz CT molecular complexity index is 321. The van der Waals surface area contributed by atoms with Crippen molar-refractivity contribution in [3.05, 3.63) is 0 Å². The summed E-state index contributed by atoms with van der Waals surface area (Å²) in [5, 5.41) is 0. The fourth-order valence-electron chi connectivity index (χ4n) is 2.46. The van der Waals surface area contributed by atoms with Crippen molar-refractivity contribution >= 4 is 11.6 Å². The van der Waals surface area contributed by atoms with Gasteiger partial charge in [-0.05, 0) is 10.8 Å². The van der Waals surface area contributed by atoms with Crippen molar-refractivity contribution in [3.63, 3.8) is 0 Å². The van der Waals surface area contributed by atoms with Crippen LogP contribution in [0.2, 0.25) is 0 Å². The van der Waals surface area contributed by atoms with E-state index in [1.165, 1.54) is 0 Å². The second-order valence-electron chi connectivity index (χ2n) is 6.39. The van der Waals surface area contributed by atoms with Crippen molar-refractivity contribution in [3.8, 4) is 0 Å². The molecule has 0 aromatic heterocycles. The van der Waals surface area contributed by atoms with E-state index in [0.29, 0.717) is 0 Å². The minimum Gasteiger partial charge on any atom is -0.291 e. The molecule has 1 unspecified atom stereocenters. The van der Waals surface area contributed by atoms with Crippen molar-refractivity contribution in [1.82, 2.24) is 0 Å². The Morgan fingerprint density at radius 1 is 0.933 bits per heavy atom. The standard InChI is InChI=1S/C13H22O2/c1-8-9(14)10(15)12(4,5)13(6,7)11(8,2)3/h8H,1-7H3. The summed E-state index contributed by atoms with van der Waals surface area (Å²) in [6.07, 6.45) is 0. The topological polar surface area (TPSA) is 34.1 Å². The zero-order valence-electron chi connectivity index (χ0n) is 10.9. The highest BCUT2D eigenvalue weighted by molar-refractivity contribution is 6.40. The minimum atomic E-state index is -0.569. The molecule has 86 valence electrons. The maximum absolute atomic E-state index is 12.0. The predicted octanol–water partition coefficient (Wildman–Crippen LogP) is 2.85. The summed E-state index contributed by atoms with van der Waals surface area (Å²) >= 11 is 0. The molecule has 2 heteroatoms. The third kappa shape index (κ3) is 1.23. The molecule has 0 saturated heterocycles. The molecule has 0 spiro atoms. The van der Waals surface area contributed by atoms with Gasteiger partial charge in [0.05, 0.1) is 0 Å². The lowest BCUT2D eigenvalue weighted by Gasteiger charge is -2.57. The van der Waals surface area contributed by atoms with Crippen molar-refractivity contribution < 1.29 is 9.59 Å². The van der Waals surface area contributed by atoms with Gasteiger partial charge in [-0.25, -0.2) is 0 Å². The molecule has 1 rings (SSSR count). The summed E-state index contributed by atoms with van der Waals surface area (Å²) in [5.74, 6) is -0.600. The lowest BCUT2D eigenvalue weighted by atomic mass is 9.45. The summed E-state index contributed by atoms with van der Waals surface area (Å²) in [5.41, 5.74) is -0.897. The molecule has 15 heavy (non-hydrogen) atoms. The van der Waals surface area contributed by atoms with Crippen molar-refractivity contribution in [1.29, 1.82) is 0 Å². The van der Waals surface area contributed by atoms with Crippen LogP contribution in [0.1, 0.15) is 48.5 Å². The number of carbonyl (C=O) groups excluding carboxylic acids is 2. The number of Topliss-reactive ketones (excluding diaryl/α,β-unsaturated/α-hetero) is 2. The van der Waals surface area contributed by atoms with Crippen LogP contribution >= 0.6 is 0 Å². The zero-order chi connectivity index (χ0) is 12.2. The highest BCUT2D eigenvalue weighted by atomic mass is 16.2. The van der Waals surface area contributed by atoms with Crippen LogP contribution in [0.4, 0.5) is 0 Å². The van der Waals surface area contributed by atoms with Gasteiger partial charge in [0.15, 0.2) is 0 Å². The Kier molecular flexibility index (Phi) is 2.42. The fourth-order valence-corrected chi connectivity index (χ4v) is 2.46. The van der Waals surface area contributed by atoms with Crippen molar-refractivity contribution in [2.45, 2.75) is 48.5 Å². The summed E-state index contributed by atoms with van der Waals surface area (Å²) in [6.45, 7) is 14.0. The van der Waals surface area contributed by atoms with E-state index in [1.807, 2.05) is 20.8 Å². The van der Waals surface area contributed by atoms with Crippen LogP contribution in [-0.2, 0) is 9.59 Å². The summed E-state index contributed by atoms with van der Waals surface area (Å²) in [7, 11) is 0. The highest BCUT2D eigenvalue weighted by Crippen LogP contribution is 2.58. The number of ketones is 2. The Morgan fingerprint density at radius 2 is 1.33 bits per heavy atom. The summed E-state index contributed by atoms with van der Waals surface area (Å²) in [6, 6.07) is 0. The van der Waals surface area contributed by atoms with Gasteiger partial charge in [0.2, 0.25) is 11.6 Å². The van der Waals surface area contributed by atoms with Crippen LogP contribution in [0.3, 0.4) is 0 Å². The van der Waals surface area contributed by atoms with E-state index < -0.39 is 5.41 Å². The first kappa shape index (κ1) is 12.4. The van der Waals surface area contributed by atoms with Crippen LogP contribution in [0.5, 0.6) is 0 Å². The number of hydrogen-bond donors (Lipinski definition) is 0. The molecule has 2 nitrogen and oxygen atoms in total. The fraction of sp³-hybridized carbons (Fsp3) is 0.846. The van der Waals surface area contributed by atoms with Gasteiger partial charge in [0.1, 0.15) is 0 Å². The Balaban J connectivity index is 3.40. The lowest BCUT2D eigenvalue weighted by Crippen LogP contribution is -2.60. The smallest absolute Gasteiger partial charge is 0.204 e. The second kappa shape index (κ2) is 2.93. The molecular formula is C13H22O2. The predicted molar refractivity (Wildman–Crippen MR) is 60.5 cm³/mol. The molecule has 1 saturated carbocycles. The molecule has 0 radical (unpaired) electrons. The molecule has 1 fully saturated rings. The van der Waals surface area contributed by atoms with Gasteiger partial charge < -0.3 is 0 Å². The summed E-state index contributed by atoms with van der Waals surface area (Å²) in [4.78, 5) is 23.9. The molecule has 0 N–H and O–H groups in total. The SMILES string of the molecule is CC1C(=O)C(=O)C(C)(C)C(C)(C)C1(C)C. The first-order chi connectivity index (χ1) is 6.48. The van der Waals surface area contributed by atoms with E-state index in [9.17, 15) is 9.59 Å². The molecular weight excluding hydrogens is 188 g/mol. The van der Waals surface area contributed by atoms with Crippen LogP contribution in [0.25, 0.3) is 0 Å². The largest absolute Gasteiger partial charge is 0.291 e. The lowest BCUT2D eigenvalue weighted by molar-refractivity contribution is -0.168. The van der Waals surface area contributed by atoms with Gasteiger partial charge in [-0.2, -0.15) is 0 Å². The van der Waals surface area contributed by atoms with Gasteiger partial charge in [0.25, 0.3) is 0 Å². The van der Waals surface area contributed by atoms with Gasteiger partial charge >= 0.3 is 0 Å². The van der Waals surface area contributed by atoms with Crippen molar-refractivity contribution in [2.75, 3.05) is 0 Å². The third-order valence-electron chi connectivity index (χ3n) is 5.44. The monoisotopic (exact) mass is 210 g/mol. The van der Waals surface area contributed by atoms with Gasteiger partial charge in [-0.15, -0.1) is 0 Å². The van der Waals surface area contributed by atoms with E-state index in [0.717, 1.165) is 0 Å². The van der Waals surface area contributed by atoms with E-state index in [1.54, 1.807) is 0 Å². The maximum Gasteiger partial charge on any atom is 0.204 e. The zero-order valence-corrected chi connectivity index (χ0v) is 10.9. The highest BCUT2D eigenvalue weighted by Gasteiger charge is 2.61. The normalized spacial score (nSPS) is 32.9. The van der Waals surface area contributed by atoms with Gasteiger partial charge in [-0.1, -0.05) is 48.5 Å². The van der Waals surface area contributed by atoms with Gasteiger partial charge in [0, 0.05) is 11.3 Å². The summed E-state index contributed by atoms with van der Waals surface area (Å²) < 4.78 is 0. The number of hydrogen-bond acceptors (Lipinski definition) is 2. The van der Waals surface area contributed by atoms with Crippen LogP contribution in [-0.4, -0.2) is 11.6 Å². The minimum absolute atomic E-state index is 0.151. The molecule has 0 bridgehead atoms. The molecule has 1 atom stereocenters. The Hall–Kier alpha value is -0.660. The van der Waals surface area contributed by atoms with E-state index in [2.05, 4.69) is 27.7 Å². The van der Waals surface area contributed by atoms with Crippen molar-refractivity contribution in [2.24, 2.45) is 22.2 Å². The maximum atomic E-state index is 12.0. The average Bonchev–Trinajstić information content (AvgIpc) is 2.12. The first-order valence-corrected chi connectivity index (χ1v) is 5.56. The Labute approximate surface area is 92.4 Å². The van der Waals surface area contributed by atoms with E-state index in [4.69, 9.17) is 0 Å². The molecule has 1 aliphatic rings. The Morgan fingerprint density at radius 3 is 1.73 bits per heavy atom. The third-order valence-corrected chi connectivity index (χ3v) is 5.44. The first-order valence-electron chi connectivity index (χ1n) is 5.56. The number of rotatable bonds is 0. The molecule has 0 heterocycles. The van der Waals surface area contributed by atoms with Gasteiger partial charge in [-0.3, -0.25) is 9.59 Å². The second-order valence-corrected chi connectivity index (χ2v) is 6.39. The van der Waals surface area contributed by atoms with Crippen LogP contribution in [0.15, 0.2) is 0 Å². The van der Waals surface area contributed by atoms with E-state index >= 15 is 0 Å². The molecule has 0 aromatic carbocycles. The average molecular weight is 210 g/mol. The molecule has 1 aliphatic carbocycles. The molecule has 0 aliphatic heterocycles. The number of carbonyl (C=O) groups is 2. The van der Waals surface area contributed by atoms with E-state index in [-0.39, 0.29) is 28.3 Å².